The van der Waals surface area contributed by atoms with E-state index in [0.717, 1.165) is 22.6 Å². The minimum Gasteiger partial charge on any atom is -0.482 e. The third-order valence-corrected chi connectivity index (χ3v) is 6.93. The molecule has 9 heteroatoms. The van der Waals surface area contributed by atoms with Crippen LogP contribution in [-0.2, 0) is 11.3 Å². The number of hydrogen-bond donors (Lipinski definition) is 1. The monoisotopic (exact) mass is 505 g/mol. The molecule has 0 fully saturated rings. The van der Waals surface area contributed by atoms with Crippen LogP contribution in [0.3, 0.4) is 0 Å². The van der Waals surface area contributed by atoms with Crippen LogP contribution >= 0.6 is 23.1 Å². The largest absolute Gasteiger partial charge is 0.482 e. The van der Waals surface area contributed by atoms with Crippen molar-refractivity contribution in [3.63, 3.8) is 0 Å². The van der Waals surface area contributed by atoms with Crippen molar-refractivity contribution in [2.45, 2.75) is 38.6 Å². The normalized spacial score (nSPS) is 11.7. The van der Waals surface area contributed by atoms with Crippen molar-refractivity contribution in [3.05, 3.63) is 83.5 Å². The first kappa shape index (κ1) is 24.7. The average molecular weight is 506 g/mol. The highest BCUT2D eigenvalue weighted by atomic mass is 32.2. The Hall–Kier alpha value is -3.43. The molecule has 2 aromatic heterocycles. The van der Waals surface area contributed by atoms with E-state index in [1.165, 1.54) is 28.7 Å². The highest BCUT2D eigenvalue weighted by Crippen LogP contribution is 2.28. The van der Waals surface area contributed by atoms with Crippen LogP contribution in [0.15, 0.2) is 71.7 Å². The zero-order valence-electron chi connectivity index (χ0n) is 19.9. The van der Waals surface area contributed by atoms with Crippen molar-refractivity contribution in [3.8, 4) is 17.0 Å². The van der Waals surface area contributed by atoms with Crippen molar-refractivity contribution < 1.29 is 9.53 Å². The van der Waals surface area contributed by atoms with Gasteiger partial charge in [0.2, 0.25) is 5.91 Å². The third kappa shape index (κ3) is 6.17. The lowest BCUT2D eigenvalue weighted by atomic mass is 10.1. The number of hydrogen-bond acceptors (Lipinski definition) is 7. The topological polar surface area (TPSA) is 81.9 Å². The molecule has 1 amide bonds. The number of anilines is 1. The number of thiazole rings is 1. The fraction of sp³-hybridized carbons (Fsp3) is 0.231. The number of aromatic nitrogens is 4. The molecular weight excluding hydrogens is 478 g/mol. The lowest BCUT2D eigenvalue weighted by Crippen LogP contribution is -2.15. The van der Waals surface area contributed by atoms with Crippen LogP contribution in [0.2, 0.25) is 0 Å². The van der Waals surface area contributed by atoms with E-state index >= 15 is 0 Å². The first-order valence-corrected chi connectivity index (χ1v) is 13.0. The molecule has 0 spiro atoms. The Kier molecular flexibility index (Phi) is 7.99. The highest BCUT2D eigenvalue weighted by molar-refractivity contribution is 7.99. The van der Waals surface area contributed by atoms with Gasteiger partial charge in [-0.1, -0.05) is 65.9 Å². The van der Waals surface area contributed by atoms with Gasteiger partial charge in [0.15, 0.2) is 22.2 Å². The fourth-order valence-electron chi connectivity index (χ4n) is 3.54. The Morgan fingerprint density at radius 3 is 2.77 bits per heavy atom. The maximum Gasteiger partial charge on any atom is 0.236 e. The average Bonchev–Trinajstić information content (AvgIpc) is 3.47. The Morgan fingerprint density at radius 2 is 2.03 bits per heavy atom. The third-order valence-electron chi connectivity index (χ3n) is 5.21. The Balaban J connectivity index is 1.40. The zero-order valence-corrected chi connectivity index (χ0v) is 21.5. The van der Waals surface area contributed by atoms with E-state index in [9.17, 15) is 4.79 Å². The summed E-state index contributed by atoms with van der Waals surface area (Å²) in [4.78, 5) is 17.1. The number of allylic oxidation sites excluding steroid dienone is 1. The second-order valence-electron chi connectivity index (χ2n) is 8.01. The summed E-state index contributed by atoms with van der Waals surface area (Å²) in [6.07, 6.45) is 1.46. The van der Waals surface area contributed by atoms with E-state index in [2.05, 4.69) is 40.1 Å². The lowest BCUT2D eigenvalue weighted by molar-refractivity contribution is -0.113. The van der Waals surface area contributed by atoms with Gasteiger partial charge in [0.05, 0.1) is 11.4 Å². The standard InChI is InChI=1S/C26H27N5O2S2/c1-5-13-31-24(19(4)33-22-12-11-17(2)14-18(22)3)29-30-26(31)35-16-23(32)28-25-27-21(15-34-25)20-9-7-6-8-10-20/h5-12,14-15,19H,1,13,16H2,2-4H3,(H,27,28,32). The van der Waals surface area contributed by atoms with Gasteiger partial charge in [0.1, 0.15) is 5.75 Å². The van der Waals surface area contributed by atoms with Gasteiger partial charge in [-0.15, -0.1) is 28.1 Å². The van der Waals surface area contributed by atoms with Crippen LogP contribution in [0.4, 0.5) is 5.13 Å². The predicted octanol–water partition coefficient (Wildman–Crippen LogP) is 6.08. The molecule has 0 radical (unpaired) electrons. The summed E-state index contributed by atoms with van der Waals surface area (Å²) < 4.78 is 8.10. The minimum atomic E-state index is -0.321. The van der Waals surface area contributed by atoms with Gasteiger partial charge in [-0.3, -0.25) is 9.36 Å². The molecule has 1 unspecified atom stereocenters. The van der Waals surface area contributed by atoms with Crippen molar-refractivity contribution in [2.24, 2.45) is 0 Å². The van der Waals surface area contributed by atoms with Gasteiger partial charge in [-0.2, -0.15) is 0 Å². The molecule has 4 rings (SSSR count). The first-order valence-electron chi connectivity index (χ1n) is 11.2. The lowest BCUT2D eigenvalue weighted by Gasteiger charge is -2.17. The molecule has 0 saturated heterocycles. The van der Waals surface area contributed by atoms with Crippen molar-refractivity contribution in [2.75, 3.05) is 11.1 Å². The van der Waals surface area contributed by atoms with Crippen molar-refractivity contribution in [1.29, 1.82) is 0 Å². The molecule has 0 bridgehead atoms. The van der Waals surface area contributed by atoms with Gasteiger partial charge in [-0.25, -0.2) is 4.98 Å². The van der Waals surface area contributed by atoms with Crippen LogP contribution in [0, 0.1) is 13.8 Å². The second kappa shape index (κ2) is 11.3. The maximum atomic E-state index is 12.6. The number of amides is 1. The quantitative estimate of drug-likeness (QED) is 0.208. The molecule has 0 aliphatic carbocycles. The van der Waals surface area contributed by atoms with Crippen molar-refractivity contribution >= 4 is 34.1 Å². The summed E-state index contributed by atoms with van der Waals surface area (Å²) >= 11 is 2.72. The van der Waals surface area contributed by atoms with Gasteiger partial charge in [-0.05, 0) is 32.4 Å². The first-order chi connectivity index (χ1) is 16.9. The molecule has 2 heterocycles. The van der Waals surface area contributed by atoms with Crippen molar-refractivity contribution in [1.82, 2.24) is 19.7 Å². The zero-order chi connectivity index (χ0) is 24.8. The molecule has 7 nitrogen and oxygen atoms in total. The number of carbonyl (C=O) groups is 1. The fourth-order valence-corrected chi connectivity index (χ4v) is 5.03. The number of rotatable bonds is 10. The van der Waals surface area contributed by atoms with Gasteiger partial charge >= 0.3 is 0 Å². The van der Waals surface area contributed by atoms with Gasteiger partial charge in [0, 0.05) is 17.5 Å². The predicted molar refractivity (Wildman–Crippen MR) is 142 cm³/mol. The number of thioether (sulfide) groups is 1. The van der Waals surface area contributed by atoms with Crippen LogP contribution in [0.25, 0.3) is 11.3 Å². The molecule has 0 aliphatic rings. The van der Waals surface area contributed by atoms with Gasteiger partial charge in [0.25, 0.3) is 0 Å². The number of nitrogens with zero attached hydrogens (tertiary/aromatic N) is 4. The molecule has 2 aromatic carbocycles. The van der Waals surface area contributed by atoms with Crippen LogP contribution in [0.5, 0.6) is 5.75 Å². The summed E-state index contributed by atoms with van der Waals surface area (Å²) in [7, 11) is 0. The smallest absolute Gasteiger partial charge is 0.236 e. The molecule has 4 aromatic rings. The Morgan fingerprint density at radius 1 is 1.23 bits per heavy atom. The van der Waals surface area contributed by atoms with E-state index in [1.54, 1.807) is 6.08 Å². The summed E-state index contributed by atoms with van der Waals surface area (Å²) in [5, 5.41) is 14.7. The van der Waals surface area contributed by atoms with Crippen LogP contribution in [-0.4, -0.2) is 31.4 Å². The van der Waals surface area contributed by atoms with Gasteiger partial charge < -0.3 is 10.1 Å². The minimum absolute atomic E-state index is 0.154. The molecule has 0 aliphatic heterocycles. The highest BCUT2D eigenvalue weighted by Gasteiger charge is 2.20. The SMILES string of the molecule is C=CCn1c(SCC(=O)Nc2nc(-c3ccccc3)cs2)nnc1C(C)Oc1ccc(C)cc1C. The number of aryl methyl sites for hydroxylation is 2. The summed E-state index contributed by atoms with van der Waals surface area (Å²) in [6.45, 7) is 10.4. The Bertz CT molecular complexity index is 1320. The van der Waals surface area contributed by atoms with E-state index < -0.39 is 0 Å². The van der Waals surface area contributed by atoms with E-state index in [4.69, 9.17) is 4.74 Å². The summed E-state index contributed by atoms with van der Waals surface area (Å²) in [5.41, 5.74) is 4.10. The molecule has 180 valence electrons. The van der Waals surface area contributed by atoms with E-state index in [0.29, 0.717) is 22.7 Å². The molecule has 1 atom stereocenters. The second-order valence-corrected chi connectivity index (χ2v) is 9.81. The summed E-state index contributed by atoms with van der Waals surface area (Å²) in [5.74, 6) is 1.52. The van der Waals surface area contributed by atoms with Crippen LogP contribution in [0.1, 0.15) is 30.0 Å². The number of benzene rings is 2. The molecule has 1 N–H and O–H groups in total. The molecule has 35 heavy (non-hydrogen) atoms. The van der Waals surface area contributed by atoms with E-state index in [1.807, 2.05) is 66.3 Å². The number of carbonyl (C=O) groups excluding carboxylic acids is 1. The summed E-state index contributed by atoms with van der Waals surface area (Å²) in [6, 6.07) is 15.9. The van der Waals surface area contributed by atoms with E-state index in [-0.39, 0.29) is 17.8 Å². The Labute approximate surface area is 213 Å². The molecular formula is C26H27N5O2S2. The number of ether oxygens (including phenoxy) is 1. The maximum absolute atomic E-state index is 12.6. The molecule has 0 saturated carbocycles. The van der Waals surface area contributed by atoms with Crippen LogP contribution < -0.4 is 10.1 Å². The number of nitrogens with one attached hydrogen (secondary N) is 1.